The van der Waals surface area contributed by atoms with E-state index in [1.54, 1.807) is 0 Å². The van der Waals surface area contributed by atoms with Crippen molar-refractivity contribution in [2.75, 3.05) is 6.54 Å². The quantitative estimate of drug-likeness (QED) is 0.634. The number of nitrogens with one attached hydrogen (secondary N) is 1. The first-order valence-corrected chi connectivity index (χ1v) is 9.62. The molecule has 30 heavy (non-hydrogen) atoms. The van der Waals surface area contributed by atoms with Crippen LogP contribution < -0.4 is 5.32 Å². The van der Waals surface area contributed by atoms with Crippen molar-refractivity contribution in [2.24, 2.45) is 0 Å². The van der Waals surface area contributed by atoms with Crippen molar-refractivity contribution in [3.8, 4) is 5.82 Å². The van der Waals surface area contributed by atoms with Crippen molar-refractivity contribution in [1.29, 1.82) is 0 Å². The Labute approximate surface area is 173 Å². The van der Waals surface area contributed by atoms with Gasteiger partial charge in [-0.1, -0.05) is 43.7 Å². The molecule has 0 aliphatic rings. The molecule has 2 heterocycles. The molecule has 3 aromatic rings. The zero-order valence-electron chi connectivity index (χ0n) is 17.0. The Morgan fingerprint density at radius 2 is 1.93 bits per heavy atom. The second-order valence-electron chi connectivity index (χ2n) is 7.41. The molecule has 1 aromatic carbocycles. The summed E-state index contributed by atoms with van der Waals surface area (Å²) in [5.41, 5.74) is 2.43. The van der Waals surface area contributed by atoms with Crippen LogP contribution in [0.25, 0.3) is 5.82 Å². The highest BCUT2D eigenvalue weighted by molar-refractivity contribution is 5.95. The van der Waals surface area contributed by atoms with Gasteiger partial charge in [0.1, 0.15) is 0 Å². The average molecular weight is 416 g/mol. The van der Waals surface area contributed by atoms with E-state index < -0.39 is 11.7 Å². The third-order valence-electron chi connectivity index (χ3n) is 4.67. The maximum Gasteiger partial charge on any atom is 0.417 e. The van der Waals surface area contributed by atoms with Crippen LogP contribution >= 0.6 is 0 Å². The predicted octanol–water partition coefficient (Wildman–Crippen LogP) is 4.69. The normalized spacial score (nSPS) is 11.7. The first kappa shape index (κ1) is 21.5. The Morgan fingerprint density at radius 1 is 1.17 bits per heavy atom. The Bertz CT molecular complexity index is 1020. The lowest BCUT2D eigenvalue weighted by Gasteiger charge is -2.13. The molecule has 2 aromatic heterocycles. The number of pyridine rings is 1. The largest absolute Gasteiger partial charge is 0.417 e. The maximum atomic E-state index is 12.8. The van der Waals surface area contributed by atoms with Gasteiger partial charge in [-0.05, 0) is 37.0 Å². The monoisotopic (exact) mass is 416 g/mol. The summed E-state index contributed by atoms with van der Waals surface area (Å²) in [5.74, 6) is -0.135. The van der Waals surface area contributed by atoms with Gasteiger partial charge in [0.25, 0.3) is 5.91 Å². The molecule has 0 spiro atoms. The summed E-state index contributed by atoms with van der Waals surface area (Å²) < 4.78 is 39.8. The van der Waals surface area contributed by atoms with Crippen molar-refractivity contribution in [3.63, 3.8) is 0 Å². The summed E-state index contributed by atoms with van der Waals surface area (Å²) in [6.07, 6.45) is -1.57. The smallest absolute Gasteiger partial charge is 0.352 e. The van der Waals surface area contributed by atoms with Crippen LogP contribution in [0.4, 0.5) is 13.2 Å². The molecule has 3 rings (SSSR count). The highest BCUT2D eigenvalue weighted by Crippen LogP contribution is 2.29. The lowest BCUT2D eigenvalue weighted by atomic mass is 10.0. The Morgan fingerprint density at radius 3 is 2.53 bits per heavy atom. The molecule has 0 fully saturated rings. The molecule has 1 amide bonds. The van der Waals surface area contributed by atoms with Gasteiger partial charge in [0.05, 0.1) is 23.0 Å². The number of nitrogens with zero attached hydrogens (tertiary/aromatic N) is 3. The van der Waals surface area contributed by atoms with Gasteiger partial charge in [0, 0.05) is 12.7 Å². The topological polar surface area (TPSA) is 59.8 Å². The van der Waals surface area contributed by atoms with E-state index in [9.17, 15) is 18.0 Å². The summed E-state index contributed by atoms with van der Waals surface area (Å²) in [4.78, 5) is 16.6. The van der Waals surface area contributed by atoms with Gasteiger partial charge in [0.15, 0.2) is 5.82 Å². The number of amides is 1. The molecule has 0 aliphatic heterocycles. The average Bonchev–Trinajstić information content (AvgIpc) is 3.13. The van der Waals surface area contributed by atoms with Crippen LogP contribution in [0.1, 0.15) is 52.5 Å². The number of carbonyl (C=O) groups is 1. The fourth-order valence-corrected chi connectivity index (χ4v) is 3.23. The lowest BCUT2D eigenvalue weighted by Crippen LogP contribution is -2.26. The maximum absolute atomic E-state index is 12.8. The van der Waals surface area contributed by atoms with Gasteiger partial charge < -0.3 is 5.32 Å². The minimum absolute atomic E-state index is 0.0888. The molecular formula is C22H23F3N4O. The third-order valence-corrected chi connectivity index (χ3v) is 4.67. The van der Waals surface area contributed by atoms with Gasteiger partial charge in [-0.2, -0.15) is 18.3 Å². The molecule has 8 heteroatoms. The highest BCUT2D eigenvalue weighted by Gasteiger charge is 2.31. The molecule has 5 nitrogen and oxygen atoms in total. The molecule has 0 saturated carbocycles. The number of hydrogen-bond donors (Lipinski definition) is 1. The minimum atomic E-state index is -4.46. The zero-order chi connectivity index (χ0) is 21.9. The lowest BCUT2D eigenvalue weighted by molar-refractivity contribution is -0.137. The van der Waals surface area contributed by atoms with Gasteiger partial charge in [-0.15, -0.1) is 0 Å². The van der Waals surface area contributed by atoms with E-state index in [-0.39, 0.29) is 17.6 Å². The summed E-state index contributed by atoms with van der Waals surface area (Å²) in [5, 5.41) is 7.11. The van der Waals surface area contributed by atoms with E-state index in [2.05, 4.69) is 21.5 Å². The molecule has 0 unspecified atom stereocenters. The highest BCUT2D eigenvalue weighted by atomic mass is 19.4. The van der Waals surface area contributed by atoms with Crippen molar-refractivity contribution < 1.29 is 18.0 Å². The molecule has 0 atom stereocenters. The number of aromatic nitrogens is 3. The van der Waals surface area contributed by atoms with E-state index >= 15 is 0 Å². The Balaban J connectivity index is 1.77. The molecule has 0 bridgehead atoms. The molecule has 0 saturated heterocycles. The van der Waals surface area contributed by atoms with Gasteiger partial charge in [-0.25, -0.2) is 9.67 Å². The molecule has 1 N–H and O–H groups in total. The molecule has 158 valence electrons. The van der Waals surface area contributed by atoms with E-state index in [4.69, 9.17) is 0 Å². The summed E-state index contributed by atoms with van der Waals surface area (Å²) >= 11 is 0. The Kier molecular flexibility index (Phi) is 6.24. The van der Waals surface area contributed by atoms with Crippen molar-refractivity contribution in [2.45, 2.75) is 39.3 Å². The SMILES string of the molecule is Cc1cccc(CCNC(=O)c2cnn(-c3ccc(C(F)(F)F)cn3)c2C(C)C)c1. The summed E-state index contributed by atoms with van der Waals surface area (Å²) in [7, 11) is 0. The van der Waals surface area contributed by atoms with Crippen molar-refractivity contribution >= 4 is 5.91 Å². The van der Waals surface area contributed by atoms with Gasteiger partial charge in [-0.3, -0.25) is 4.79 Å². The number of rotatable bonds is 6. The zero-order valence-corrected chi connectivity index (χ0v) is 17.0. The van der Waals surface area contributed by atoms with Crippen LogP contribution in [0.5, 0.6) is 0 Å². The van der Waals surface area contributed by atoms with E-state index in [0.29, 0.717) is 24.2 Å². The number of carbonyl (C=O) groups excluding carboxylic acids is 1. The fourth-order valence-electron chi connectivity index (χ4n) is 3.23. The first-order valence-electron chi connectivity index (χ1n) is 9.62. The van der Waals surface area contributed by atoms with Crippen LogP contribution in [-0.2, 0) is 12.6 Å². The number of aryl methyl sites for hydroxylation is 1. The standard InChI is InChI=1S/C22H23F3N4O/c1-14(2)20-18(21(30)26-10-9-16-6-4-5-15(3)11-16)13-28-29(20)19-8-7-17(12-27-19)22(23,24)25/h4-8,11-14H,9-10H2,1-3H3,(H,26,30). The van der Waals surface area contributed by atoms with Gasteiger partial charge >= 0.3 is 6.18 Å². The third kappa shape index (κ3) is 4.87. The number of alkyl halides is 3. The fraction of sp³-hybridized carbons (Fsp3) is 0.318. The van der Waals surface area contributed by atoms with Crippen LogP contribution in [-0.4, -0.2) is 27.2 Å². The van der Waals surface area contributed by atoms with E-state index in [1.165, 1.54) is 16.9 Å². The predicted molar refractivity (Wildman–Crippen MR) is 108 cm³/mol. The molecular weight excluding hydrogens is 393 g/mol. The number of halogens is 3. The minimum Gasteiger partial charge on any atom is -0.352 e. The van der Waals surface area contributed by atoms with Crippen LogP contribution in [0.15, 0.2) is 48.8 Å². The van der Waals surface area contributed by atoms with Gasteiger partial charge in [0.2, 0.25) is 0 Å². The van der Waals surface area contributed by atoms with Crippen LogP contribution in [0.2, 0.25) is 0 Å². The van der Waals surface area contributed by atoms with Crippen molar-refractivity contribution in [3.05, 3.63) is 76.7 Å². The summed E-state index contributed by atoms with van der Waals surface area (Å²) in [6.45, 7) is 6.26. The van der Waals surface area contributed by atoms with E-state index in [0.717, 1.165) is 23.4 Å². The Hall–Kier alpha value is -3.16. The second kappa shape index (κ2) is 8.69. The molecule has 0 aliphatic carbocycles. The van der Waals surface area contributed by atoms with Crippen LogP contribution in [0, 0.1) is 6.92 Å². The number of benzene rings is 1. The number of hydrogen-bond acceptors (Lipinski definition) is 3. The summed E-state index contributed by atoms with van der Waals surface area (Å²) in [6, 6.07) is 10.3. The van der Waals surface area contributed by atoms with E-state index in [1.807, 2.05) is 39.0 Å². The molecule has 0 radical (unpaired) electrons. The van der Waals surface area contributed by atoms with Crippen LogP contribution in [0.3, 0.4) is 0 Å². The van der Waals surface area contributed by atoms with Crippen molar-refractivity contribution in [1.82, 2.24) is 20.1 Å². The first-order chi connectivity index (χ1) is 14.2. The second-order valence-corrected chi connectivity index (χ2v) is 7.41.